The highest BCUT2D eigenvalue weighted by Gasteiger charge is 2.20. The van der Waals surface area contributed by atoms with Crippen LogP contribution in [0.4, 0.5) is 10.5 Å². The molecule has 8 heteroatoms. The lowest BCUT2D eigenvalue weighted by molar-refractivity contribution is 0.0636. The summed E-state index contributed by atoms with van der Waals surface area (Å²) < 4.78 is 28.0. The van der Waals surface area contributed by atoms with Gasteiger partial charge in [0, 0.05) is 6.26 Å². The number of carboxylic acids is 1. The Morgan fingerprint density at radius 2 is 1.81 bits per heavy atom. The summed E-state index contributed by atoms with van der Waals surface area (Å²) >= 11 is 0. The Bertz CT molecular complexity index is 672. The Labute approximate surface area is 122 Å². The lowest BCUT2D eigenvalue weighted by Gasteiger charge is -2.20. The third-order valence-corrected chi connectivity index (χ3v) is 3.40. The quantitative estimate of drug-likeness (QED) is 0.884. The Kier molecular flexibility index (Phi) is 4.62. The number of carbonyl (C=O) groups is 2. The molecular formula is C13H17NO6S. The van der Waals surface area contributed by atoms with Gasteiger partial charge in [0.1, 0.15) is 5.60 Å². The second kappa shape index (κ2) is 5.72. The Morgan fingerprint density at radius 3 is 2.24 bits per heavy atom. The first-order valence-corrected chi connectivity index (χ1v) is 7.87. The number of benzene rings is 1. The molecule has 0 heterocycles. The Morgan fingerprint density at radius 1 is 1.24 bits per heavy atom. The van der Waals surface area contributed by atoms with Crippen molar-refractivity contribution in [1.82, 2.24) is 0 Å². The standard InChI is InChI=1S/C13H17NO6S/c1-13(2,3)20-12(17)14-10-7-8(21(4,18)19)5-6-9(10)11(15)16/h5-7H,1-4H3,(H,14,17)(H,15,16). The smallest absolute Gasteiger partial charge is 0.412 e. The van der Waals surface area contributed by atoms with Crippen LogP contribution in [0.1, 0.15) is 31.1 Å². The first-order valence-electron chi connectivity index (χ1n) is 5.97. The van der Waals surface area contributed by atoms with Gasteiger partial charge in [-0.25, -0.2) is 18.0 Å². The number of ether oxygens (including phenoxy) is 1. The summed E-state index contributed by atoms with van der Waals surface area (Å²) in [5.74, 6) is -1.29. The maximum atomic E-state index is 11.7. The van der Waals surface area contributed by atoms with Gasteiger partial charge < -0.3 is 9.84 Å². The van der Waals surface area contributed by atoms with E-state index < -0.39 is 27.5 Å². The highest BCUT2D eigenvalue weighted by Crippen LogP contribution is 2.22. The molecule has 0 unspecified atom stereocenters. The molecule has 1 aromatic rings. The van der Waals surface area contributed by atoms with Crippen LogP contribution in [0.3, 0.4) is 0 Å². The van der Waals surface area contributed by atoms with Crippen LogP contribution in [0.5, 0.6) is 0 Å². The number of hydrogen-bond donors (Lipinski definition) is 2. The molecule has 1 amide bonds. The second-order valence-electron chi connectivity index (χ2n) is 5.41. The number of nitrogens with one attached hydrogen (secondary N) is 1. The minimum atomic E-state index is -3.52. The van der Waals surface area contributed by atoms with E-state index in [0.29, 0.717) is 0 Å². The van der Waals surface area contributed by atoms with Crippen molar-refractivity contribution in [3.05, 3.63) is 23.8 Å². The van der Waals surface area contributed by atoms with E-state index >= 15 is 0 Å². The van der Waals surface area contributed by atoms with Crippen molar-refractivity contribution in [3.8, 4) is 0 Å². The van der Waals surface area contributed by atoms with Crippen molar-refractivity contribution in [1.29, 1.82) is 0 Å². The van der Waals surface area contributed by atoms with Crippen LogP contribution >= 0.6 is 0 Å². The summed E-state index contributed by atoms with van der Waals surface area (Å²) in [6, 6.07) is 3.37. The SMILES string of the molecule is CC(C)(C)OC(=O)Nc1cc(S(C)(=O)=O)ccc1C(=O)O. The molecule has 21 heavy (non-hydrogen) atoms. The highest BCUT2D eigenvalue weighted by atomic mass is 32.2. The van der Waals surface area contributed by atoms with E-state index in [4.69, 9.17) is 9.84 Å². The predicted octanol–water partition coefficient (Wildman–Crippen LogP) is 2.14. The van der Waals surface area contributed by atoms with Crippen LogP contribution in [0, 0.1) is 0 Å². The van der Waals surface area contributed by atoms with Gasteiger partial charge in [-0.1, -0.05) is 0 Å². The summed E-state index contributed by atoms with van der Waals surface area (Å²) in [7, 11) is -3.52. The fourth-order valence-corrected chi connectivity index (χ4v) is 2.10. The maximum absolute atomic E-state index is 11.7. The monoisotopic (exact) mass is 315 g/mol. The number of aromatic carboxylic acids is 1. The van der Waals surface area contributed by atoms with Gasteiger partial charge in [-0.15, -0.1) is 0 Å². The molecule has 0 aliphatic heterocycles. The number of amides is 1. The third-order valence-electron chi connectivity index (χ3n) is 2.29. The van der Waals surface area contributed by atoms with Crippen molar-refractivity contribution in [2.24, 2.45) is 0 Å². The number of sulfone groups is 1. The lowest BCUT2D eigenvalue weighted by Crippen LogP contribution is -2.27. The Hall–Kier alpha value is -2.09. The topological polar surface area (TPSA) is 110 Å². The fourth-order valence-electron chi connectivity index (χ4n) is 1.46. The van der Waals surface area contributed by atoms with Crippen LogP contribution in [0.25, 0.3) is 0 Å². The molecule has 0 fully saturated rings. The molecule has 1 aromatic carbocycles. The molecule has 0 spiro atoms. The molecule has 0 aliphatic carbocycles. The molecule has 2 N–H and O–H groups in total. The van der Waals surface area contributed by atoms with E-state index in [1.165, 1.54) is 6.07 Å². The molecule has 0 aromatic heterocycles. The van der Waals surface area contributed by atoms with Crippen LogP contribution in [-0.4, -0.2) is 37.4 Å². The van der Waals surface area contributed by atoms with E-state index in [0.717, 1.165) is 18.4 Å². The number of rotatable bonds is 3. The first-order chi connectivity index (χ1) is 9.40. The van der Waals surface area contributed by atoms with E-state index in [9.17, 15) is 18.0 Å². The average Bonchev–Trinajstić information content (AvgIpc) is 2.24. The van der Waals surface area contributed by atoms with Crippen LogP contribution < -0.4 is 5.32 Å². The first kappa shape index (κ1) is 17.0. The van der Waals surface area contributed by atoms with Gasteiger partial charge >= 0.3 is 12.1 Å². The van der Waals surface area contributed by atoms with Crippen molar-refractivity contribution in [2.75, 3.05) is 11.6 Å². The molecule has 0 radical (unpaired) electrons. The van der Waals surface area contributed by atoms with E-state index in [1.54, 1.807) is 20.8 Å². The van der Waals surface area contributed by atoms with Crippen LogP contribution in [-0.2, 0) is 14.6 Å². The van der Waals surface area contributed by atoms with Crippen molar-refractivity contribution < 1.29 is 27.9 Å². The largest absolute Gasteiger partial charge is 0.478 e. The van der Waals surface area contributed by atoms with Crippen molar-refractivity contribution in [2.45, 2.75) is 31.3 Å². The van der Waals surface area contributed by atoms with Crippen molar-refractivity contribution >= 4 is 27.6 Å². The zero-order valence-electron chi connectivity index (χ0n) is 12.1. The molecular weight excluding hydrogens is 298 g/mol. The van der Waals surface area contributed by atoms with Gasteiger partial charge in [-0.05, 0) is 39.0 Å². The molecule has 116 valence electrons. The predicted molar refractivity (Wildman–Crippen MR) is 76.4 cm³/mol. The minimum absolute atomic E-state index is 0.0986. The summed E-state index contributed by atoms with van der Waals surface area (Å²) in [4.78, 5) is 22.7. The van der Waals surface area contributed by atoms with Crippen molar-refractivity contribution in [3.63, 3.8) is 0 Å². The van der Waals surface area contributed by atoms with Gasteiger partial charge in [0.2, 0.25) is 0 Å². The normalized spacial score (nSPS) is 11.8. The Balaban J connectivity index is 3.19. The molecule has 0 aliphatic rings. The summed E-state index contributed by atoms with van der Waals surface area (Å²) in [6.45, 7) is 4.95. The number of carbonyl (C=O) groups excluding carboxylic acids is 1. The molecule has 0 atom stereocenters. The van der Waals surface area contributed by atoms with E-state index in [-0.39, 0.29) is 16.1 Å². The summed E-state index contributed by atoms with van der Waals surface area (Å²) in [6.07, 6.45) is 0.121. The highest BCUT2D eigenvalue weighted by molar-refractivity contribution is 7.90. The molecule has 7 nitrogen and oxygen atoms in total. The summed E-state index contributed by atoms with van der Waals surface area (Å²) in [5, 5.41) is 11.3. The van der Waals surface area contributed by atoms with Gasteiger partial charge in [0.25, 0.3) is 0 Å². The fraction of sp³-hybridized carbons (Fsp3) is 0.385. The molecule has 0 saturated heterocycles. The van der Waals surface area contributed by atoms with Gasteiger partial charge in [-0.2, -0.15) is 0 Å². The van der Waals surface area contributed by atoms with Gasteiger partial charge in [-0.3, -0.25) is 5.32 Å². The van der Waals surface area contributed by atoms with E-state index in [1.807, 2.05) is 0 Å². The van der Waals surface area contributed by atoms with Crippen LogP contribution in [0.15, 0.2) is 23.1 Å². The van der Waals surface area contributed by atoms with E-state index in [2.05, 4.69) is 5.32 Å². The number of anilines is 1. The van der Waals surface area contributed by atoms with Gasteiger partial charge in [0.05, 0.1) is 16.1 Å². The van der Waals surface area contributed by atoms with Crippen LogP contribution in [0.2, 0.25) is 0 Å². The third kappa shape index (κ3) is 5.07. The number of hydrogen-bond acceptors (Lipinski definition) is 5. The number of carboxylic acid groups (broad SMARTS) is 1. The molecule has 0 saturated carbocycles. The minimum Gasteiger partial charge on any atom is -0.478 e. The lowest BCUT2D eigenvalue weighted by atomic mass is 10.2. The van der Waals surface area contributed by atoms with Gasteiger partial charge in [0.15, 0.2) is 9.84 Å². The zero-order chi connectivity index (χ0) is 16.4. The molecule has 1 rings (SSSR count). The maximum Gasteiger partial charge on any atom is 0.412 e. The second-order valence-corrected chi connectivity index (χ2v) is 7.43. The molecule has 0 bridgehead atoms. The average molecular weight is 315 g/mol. The zero-order valence-corrected chi connectivity index (χ0v) is 12.9. The summed E-state index contributed by atoms with van der Waals surface area (Å²) in [5.41, 5.74) is -1.13.